The van der Waals surface area contributed by atoms with Crippen LogP contribution in [0.5, 0.6) is 0 Å². The van der Waals surface area contributed by atoms with Gasteiger partial charge in [0.05, 0.1) is 0 Å². The number of hydrogen-bond acceptors (Lipinski definition) is 4. The maximum absolute atomic E-state index is 12.2. The van der Waals surface area contributed by atoms with Crippen LogP contribution in [0.2, 0.25) is 0 Å². The van der Waals surface area contributed by atoms with Crippen LogP contribution in [0.1, 0.15) is 30.8 Å². The molecule has 0 saturated carbocycles. The molecule has 0 unspecified atom stereocenters. The SMILES string of the molecule is CC(C)CCNc1cc(C(=O)Nc2cccc(Br)c2)ncn1. The summed E-state index contributed by atoms with van der Waals surface area (Å²) in [6.45, 7) is 5.15. The lowest BCUT2D eigenvalue weighted by atomic mass is 10.1. The van der Waals surface area contributed by atoms with Crippen LogP contribution >= 0.6 is 15.9 Å². The van der Waals surface area contributed by atoms with Crippen LogP contribution in [-0.4, -0.2) is 22.4 Å². The number of aromatic nitrogens is 2. The molecule has 116 valence electrons. The van der Waals surface area contributed by atoms with E-state index >= 15 is 0 Å². The second-order valence-corrected chi connectivity index (χ2v) is 6.28. The molecular weight excluding hydrogens is 344 g/mol. The number of nitrogens with zero attached hydrogens (tertiary/aromatic N) is 2. The van der Waals surface area contributed by atoms with Crippen molar-refractivity contribution in [3.63, 3.8) is 0 Å². The Morgan fingerprint density at radius 3 is 2.82 bits per heavy atom. The zero-order valence-electron chi connectivity index (χ0n) is 12.6. The summed E-state index contributed by atoms with van der Waals surface area (Å²) in [6, 6.07) is 9.08. The third-order valence-corrected chi connectivity index (χ3v) is 3.50. The van der Waals surface area contributed by atoms with Gasteiger partial charge in [0.25, 0.3) is 5.91 Å². The van der Waals surface area contributed by atoms with Crippen LogP contribution in [0.15, 0.2) is 41.1 Å². The number of amides is 1. The van der Waals surface area contributed by atoms with Gasteiger partial charge in [0, 0.05) is 22.8 Å². The summed E-state index contributed by atoms with van der Waals surface area (Å²) < 4.78 is 0.907. The number of carbonyl (C=O) groups is 1. The smallest absolute Gasteiger partial charge is 0.274 e. The molecular formula is C16H19BrN4O. The number of halogens is 1. The fourth-order valence-corrected chi connectivity index (χ4v) is 2.23. The van der Waals surface area contributed by atoms with Crippen LogP contribution in [0, 0.1) is 5.92 Å². The van der Waals surface area contributed by atoms with Gasteiger partial charge in [-0.2, -0.15) is 0 Å². The molecule has 5 nitrogen and oxygen atoms in total. The maximum atomic E-state index is 12.2. The highest BCUT2D eigenvalue weighted by atomic mass is 79.9. The Morgan fingerprint density at radius 1 is 1.27 bits per heavy atom. The van der Waals surface area contributed by atoms with E-state index in [4.69, 9.17) is 0 Å². The lowest BCUT2D eigenvalue weighted by Crippen LogP contribution is -2.15. The number of carbonyl (C=O) groups excluding carboxylic acids is 1. The van der Waals surface area contributed by atoms with Crippen molar-refractivity contribution in [2.45, 2.75) is 20.3 Å². The molecule has 1 aromatic heterocycles. The van der Waals surface area contributed by atoms with Crippen LogP contribution in [0.25, 0.3) is 0 Å². The van der Waals surface area contributed by atoms with Crippen molar-refractivity contribution in [1.29, 1.82) is 0 Å². The van der Waals surface area contributed by atoms with Crippen molar-refractivity contribution < 1.29 is 4.79 Å². The summed E-state index contributed by atoms with van der Waals surface area (Å²) in [6.07, 6.45) is 2.44. The summed E-state index contributed by atoms with van der Waals surface area (Å²) in [5.74, 6) is 1.02. The Balaban J connectivity index is 2.00. The lowest BCUT2D eigenvalue weighted by molar-refractivity contribution is 0.102. The summed E-state index contributed by atoms with van der Waals surface area (Å²) >= 11 is 3.37. The first-order valence-corrected chi connectivity index (χ1v) is 7.96. The molecule has 1 heterocycles. The average molecular weight is 363 g/mol. The molecule has 1 amide bonds. The topological polar surface area (TPSA) is 66.9 Å². The summed E-state index contributed by atoms with van der Waals surface area (Å²) in [4.78, 5) is 20.4. The Hall–Kier alpha value is -1.95. The summed E-state index contributed by atoms with van der Waals surface area (Å²) in [7, 11) is 0. The molecule has 2 aromatic rings. The van der Waals surface area contributed by atoms with E-state index in [0.717, 1.165) is 17.4 Å². The minimum atomic E-state index is -0.257. The Bertz CT molecular complexity index is 646. The zero-order chi connectivity index (χ0) is 15.9. The molecule has 6 heteroatoms. The highest BCUT2D eigenvalue weighted by Gasteiger charge is 2.09. The maximum Gasteiger partial charge on any atom is 0.274 e. The monoisotopic (exact) mass is 362 g/mol. The first kappa shape index (κ1) is 16.4. The van der Waals surface area contributed by atoms with Gasteiger partial charge < -0.3 is 10.6 Å². The Morgan fingerprint density at radius 2 is 2.09 bits per heavy atom. The predicted octanol–water partition coefficient (Wildman–Crippen LogP) is 3.95. The van der Waals surface area contributed by atoms with E-state index < -0.39 is 0 Å². The van der Waals surface area contributed by atoms with Gasteiger partial charge in [-0.3, -0.25) is 4.79 Å². The summed E-state index contributed by atoms with van der Waals surface area (Å²) in [5.41, 5.74) is 1.05. The van der Waals surface area contributed by atoms with E-state index in [1.54, 1.807) is 6.07 Å². The van der Waals surface area contributed by atoms with E-state index in [0.29, 0.717) is 23.1 Å². The van der Waals surface area contributed by atoms with E-state index in [2.05, 4.69) is 50.4 Å². The van der Waals surface area contributed by atoms with Gasteiger partial charge in [-0.1, -0.05) is 35.8 Å². The Kier molecular flexibility index (Phi) is 5.89. The number of rotatable bonds is 6. The van der Waals surface area contributed by atoms with E-state index in [1.165, 1.54) is 6.33 Å². The zero-order valence-corrected chi connectivity index (χ0v) is 14.2. The predicted molar refractivity (Wildman–Crippen MR) is 92.1 cm³/mol. The third-order valence-electron chi connectivity index (χ3n) is 3.01. The number of anilines is 2. The minimum absolute atomic E-state index is 0.257. The highest BCUT2D eigenvalue weighted by molar-refractivity contribution is 9.10. The fourth-order valence-electron chi connectivity index (χ4n) is 1.83. The minimum Gasteiger partial charge on any atom is -0.370 e. The van der Waals surface area contributed by atoms with E-state index in [-0.39, 0.29) is 5.91 Å². The van der Waals surface area contributed by atoms with Gasteiger partial charge in [-0.15, -0.1) is 0 Å². The van der Waals surface area contributed by atoms with Crippen molar-refractivity contribution in [1.82, 2.24) is 9.97 Å². The quantitative estimate of drug-likeness (QED) is 0.816. The fraction of sp³-hybridized carbons (Fsp3) is 0.312. The van der Waals surface area contributed by atoms with Gasteiger partial charge in [0.15, 0.2) is 0 Å². The molecule has 2 rings (SSSR count). The first-order chi connectivity index (χ1) is 10.5. The van der Waals surface area contributed by atoms with Gasteiger partial charge in [-0.25, -0.2) is 9.97 Å². The molecule has 0 aliphatic carbocycles. The van der Waals surface area contributed by atoms with Gasteiger partial charge in [0.1, 0.15) is 17.8 Å². The van der Waals surface area contributed by atoms with Crippen molar-refractivity contribution in [2.24, 2.45) is 5.92 Å². The second-order valence-electron chi connectivity index (χ2n) is 5.36. The summed E-state index contributed by atoms with van der Waals surface area (Å²) in [5, 5.41) is 6.02. The van der Waals surface area contributed by atoms with Gasteiger partial charge in [0.2, 0.25) is 0 Å². The van der Waals surface area contributed by atoms with Crippen LogP contribution in [0.3, 0.4) is 0 Å². The third kappa shape index (κ3) is 5.11. The lowest BCUT2D eigenvalue weighted by Gasteiger charge is -2.09. The largest absolute Gasteiger partial charge is 0.370 e. The number of hydrogen-bond donors (Lipinski definition) is 2. The second kappa shape index (κ2) is 7.89. The van der Waals surface area contributed by atoms with E-state index in [1.807, 2.05) is 24.3 Å². The molecule has 1 aromatic carbocycles. The molecule has 2 N–H and O–H groups in total. The normalized spacial score (nSPS) is 10.5. The molecule has 0 aliphatic heterocycles. The molecule has 0 bridgehead atoms. The van der Waals surface area contributed by atoms with Crippen molar-refractivity contribution in [2.75, 3.05) is 17.2 Å². The molecule has 0 fully saturated rings. The standard InChI is InChI=1S/C16H19BrN4O/c1-11(2)6-7-18-15-9-14(19-10-20-15)16(22)21-13-5-3-4-12(17)8-13/h3-5,8-11H,6-7H2,1-2H3,(H,21,22)(H,18,19,20). The average Bonchev–Trinajstić information content (AvgIpc) is 2.47. The number of benzene rings is 1. The van der Waals surface area contributed by atoms with Crippen LogP contribution < -0.4 is 10.6 Å². The van der Waals surface area contributed by atoms with Crippen molar-refractivity contribution in [3.8, 4) is 0 Å². The Labute approximate surface area is 138 Å². The van der Waals surface area contributed by atoms with Crippen molar-refractivity contribution in [3.05, 3.63) is 46.8 Å². The molecule has 0 spiro atoms. The van der Waals surface area contributed by atoms with Crippen LogP contribution in [-0.2, 0) is 0 Å². The highest BCUT2D eigenvalue weighted by Crippen LogP contribution is 2.16. The molecule has 22 heavy (non-hydrogen) atoms. The molecule has 0 radical (unpaired) electrons. The van der Waals surface area contributed by atoms with Crippen LogP contribution in [0.4, 0.5) is 11.5 Å². The molecule has 0 aliphatic rings. The van der Waals surface area contributed by atoms with E-state index in [9.17, 15) is 4.79 Å². The van der Waals surface area contributed by atoms with Gasteiger partial charge >= 0.3 is 0 Å². The first-order valence-electron chi connectivity index (χ1n) is 7.17. The van der Waals surface area contributed by atoms with Gasteiger partial charge in [-0.05, 0) is 30.5 Å². The molecule has 0 atom stereocenters. The number of nitrogens with one attached hydrogen (secondary N) is 2. The van der Waals surface area contributed by atoms with Crippen molar-refractivity contribution >= 4 is 33.3 Å². The molecule has 0 saturated heterocycles.